The maximum absolute atomic E-state index is 10.9. The van der Waals surface area contributed by atoms with Crippen molar-refractivity contribution in [3.63, 3.8) is 0 Å². The molecule has 2 aromatic carbocycles. The smallest absolute Gasteiger partial charge is 0.274 e. The molecular weight excluding hydrogens is 336 g/mol. The normalized spacial score (nSPS) is 10.4. The molecule has 0 bridgehead atoms. The summed E-state index contributed by atoms with van der Waals surface area (Å²) < 4.78 is 6.32. The fraction of sp³-hybridized carbons (Fsp3) is 0.200. The molecule has 0 heterocycles. The van der Waals surface area contributed by atoms with Gasteiger partial charge in [0.2, 0.25) is 0 Å². The van der Waals surface area contributed by atoms with E-state index < -0.39 is 4.92 Å². The first-order valence-corrected chi connectivity index (χ1v) is 7.30. The highest BCUT2D eigenvalue weighted by atomic mass is 79.9. The van der Waals surface area contributed by atoms with Crippen LogP contribution in [0.5, 0.6) is 11.5 Å². The summed E-state index contributed by atoms with van der Waals surface area (Å²) in [5.74, 6) is 1.08. The Balaban J connectivity index is 2.19. The average molecular weight is 351 g/mol. The summed E-state index contributed by atoms with van der Waals surface area (Å²) in [4.78, 5) is 10.4. The number of nitrogens with zero attached hydrogens (tertiary/aromatic N) is 1. The number of halogens is 1. The average Bonchev–Trinajstić information content (AvgIpc) is 2.45. The molecule has 0 aliphatic carbocycles. The second-order valence-electron chi connectivity index (χ2n) is 4.43. The van der Waals surface area contributed by atoms with Crippen molar-refractivity contribution in [2.75, 3.05) is 6.54 Å². The second-order valence-corrected chi connectivity index (χ2v) is 5.35. The van der Waals surface area contributed by atoms with Crippen LogP contribution in [0.2, 0.25) is 0 Å². The minimum Gasteiger partial charge on any atom is -0.457 e. The van der Waals surface area contributed by atoms with Gasteiger partial charge in [0.1, 0.15) is 11.5 Å². The molecule has 0 aliphatic heterocycles. The van der Waals surface area contributed by atoms with Crippen LogP contribution in [0.4, 0.5) is 5.69 Å². The van der Waals surface area contributed by atoms with Gasteiger partial charge in [-0.2, -0.15) is 0 Å². The lowest BCUT2D eigenvalue weighted by Crippen LogP contribution is -2.11. The lowest BCUT2D eigenvalue weighted by Gasteiger charge is -2.08. The number of ether oxygens (including phenoxy) is 1. The predicted octanol–water partition coefficient (Wildman–Crippen LogP) is 4.26. The van der Waals surface area contributed by atoms with Crippen molar-refractivity contribution in [1.29, 1.82) is 0 Å². The molecule has 21 heavy (non-hydrogen) atoms. The molecule has 0 radical (unpaired) electrons. The molecule has 0 spiro atoms. The van der Waals surface area contributed by atoms with Crippen molar-refractivity contribution < 1.29 is 9.66 Å². The van der Waals surface area contributed by atoms with Crippen molar-refractivity contribution in [2.45, 2.75) is 13.5 Å². The van der Waals surface area contributed by atoms with Gasteiger partial charge >= 0.3 is 0 Å². The van der Waals surface area contributed by atoms with E-state index in [1.54, 1.807) is 6.07 Å². The van der Waals surface area contributed by atoms with Crippen molar-refractivity contribution >= 4 is 21.6 Å². The zero-order valence-corrected chi connectivity index (χ0v) is 13.1. The molecule has 0 atom stereocenters. The van der Waals surface area contributed by atoms with Gasteiger partial charge in [-0.3, -0.25) is 10.1 Å². The van der Waals surface area contributed by atoms with Gasteiger partial charge in [-0.05, 0) is 30.3 Å². The second kappa shape index (κ2) is 7.19. The molecule has 1 N–H and O–H groups in total. The highest BCUT2D eigenvalue weighted by Gasteiger charge is 2.10. The minimum atomic E-state index is -0.445. The monoisotopic (exact) mass is 350 g/mol. The van der Waals surface area contributed by atoms with Gasteiger partial charge in [0, 0.05) is 17.1 Å². The zero-order valence-electron chi connectivity index (χ0n) is 11.5. The Morgan fingerprint density at radius 1 is 1.24 bits per heavy atom. The lowest BCUT2D eigenvalue weighted by molar-refractivity contribution is -0.385. The standard InChI is InChI=1S/C15H15BrN2O3/c1-2-17-10-11-4-3-5-14(6-11)21-15-8-12(16)7-13(9-15)18(19)20/h3-9,17H,2,10H2,1H3. The Bertz CT molecular complexity index is 647. The third-order valence-corrected chi connectivity index (χ3v) is 3.24. The molecule has 0 aromatic heterocycles. The lowest BCUT2D eigenvalue weighted by atomic mass is 10.2. The summed E-state index contributed by atoms with van der Waals surface area (Å²) in [6, 6.07) is 12.2. The molecule has 0 saturated carbocycles. The zero-order chi connectivity index (χ0) is 15.2. The van der Waals surface area contributed by atoms with Gasteiger partial charge in [0.25, 0.3) is 5.69 Å². The Morgan fingerprint density at radius 2 is 2.05 bits per heavy atom. The molecule has 0 unspecified atom stereocenters. The summed E-state index contributed by atoms with van der Waals surface area (Å²) in [6.45, 7) is 3.69. The van der Waals surface area contributed by atoms with Crippen LogP contribution in [-0.4, -0.2) is 11.5 Å². The molecule has 2 rings (SSSR count). The third kappa shape index (κ3) is 4.54. The fourth-order valence-corrected chi connectivity index (χ4v) is 2.30. The van der Waals surface area contributed by atoms with E-state index in [0.29, 0.717) is 16.0 Å². The van der Waals surface area contributed by atoms with Crippen molar-refractivity contribution in [2.24, 2.45) is 0 Å². The van der Waals surface area contributed by atoms with E-state index in [1.807, 2.05) is 31.2 Å². The Morgan fingerprint density at radius 3 is 2.76 bits per heavy atom. The summed E-state index contributed by atoms with van der Waals surface area (Å²) in [7, 11) is 0. The van der Waals surface area contributed by atoms with Crippen LogP contribution < -0.4 is 10.1 Å². The molecule has 6 heteroatoms. The van der Waals surface area contributed by atoms with Crippen molar-refractivity contribution in [3.05, 3.63) is 62.6 Å². The van der Waals surface area contributed by atoms with Gasteiger partial charge < -0.3 is 10.1 Å². The molecule has 110 valence electrons. The maximum atomic E-state index is 10.9. The Kier molecular flexibility index (Phi) is 5.30. The summed E-state index contributed by atoms with van der Waals surface area (Å²) in [6.07, 6.45) is 0. The van der Waals surface area contributed by atoms with Gasteiger partial charge in [-0.1, -0.05) is 35.0 Å². The van der Waals surface area contributed by atoms with Crippen LogP contribution in [0.15, 0.2) is 46.9 Å². The Labute approximate surface area is 131 Å². The summed E-state index contributed by atoms with van der Waals surface area (Å²) in [5.41, 5.74) is 1.09. The van der Waals surface area contributed by atoms with E-state index in [9.17, 15) is 10.1 Å². The molecule has 5 nitrogen and oxygen atoms in total. The number of benzene rings is 2. The number of nitro groups is 1. The molecule has 0 aliphatic rings. The van der Waals surface area contributed by atoms with Crippen LogP contribution >= 0.6 is 15.9 Å². The first-order chi connectivity index (χ1) is 10.1. The summed E-state index contributed by atoms with van der Waals surface area (Å²) in [5, 5.41) is 14.1. The van der Waals surface area contributed by atoms with E-state index in [1.165, 1.54) is 12.1 Å². The highest BCUT2D eigenvalue weighted by Crippen LogP contribution is 2.30. The third-order valence-electron chi connectivity index (χ3n) is 2.78. The van der Waals surface area contributed by atoms with Crippen LogP contribution in [0, 0.1) is 10.1 Å². The molecular formula is C15H15BrN2O3. The van der Waals surface area contributed by atoms with E-state index in [4.69, 9.17) is 4.74 Å². The van der Waals surface area contributed by atoms with Crippen LogP contribution in [0.25, 0.3) is 0 Å². The largest absolute Gasteiger partial charge is 0.457 e. The number of hydrogen-bond acceptors (Lipinski definition) is 4. The molecule has 0 amide bonds. The Hall–Kier alpha value is -1.92. The van der Waals surface area contributed by atoms with Gasteiger partial charge in [0.05, 0.1) is 11.0 Å². The fourth-order valence-electron chi connectivity index (χ4n) is 1.84. The van der Waals surface area contributed by atoms with Crippen molar-refractivity contribution in [3.8, 4) is 11.5 Å². The molecule has 2 aromatic rings. The summed E-state index contributed by atoms with van der Waals surface area (Å²) >= 11 is 3.25. The van der Waals surface area contributed by atoms with Crippen LogP contribution in [0.1, 0.15) is 12.5 Å². The first-order valence-electron chi connectivity index (χ1n) is 6.51. The topological polar surface area (TPSA) is 64.4 Å². The van der Waals surface area contributed by atoms with E-state index in [-0.39, 0.29) is 5.69 Å². The number of rotatable bonds is 6. The highest BCUT2D eigenvalue weighted by molar-refractivity contribution is 9.10. The molecule has 0 saturated heterocycles. The SMILES string of the molecule is CCNCc1cccc(Oc2cc(Br)cc([N+](=O)[O-])c2)c1. The predicted molar refractivity (Wildman–Crippen MR) is 84.7 cm³/mol. The van der Waals surface area contributed by atoms with Crippen molar-refractivity contribution in [1.82, 2.24) is 5.32 Å². The van der Waals surface area contributed by atoms with Gasteiger partial charge in [-0.15, -0.1) is 0 Å². The van der Waals surface area contributed by atoms with Crippen LogP contribution in [-0.2, 0) is 6.54 Å². The first kappa shape index (κ1) is 15.5. The van der Waals surface area contributed by atoms with E-state index in [2.05, 4.69) is 21.2 Å². The number of nitro benzene ring substituents is 1. The maximum Gasteiger partial charge on any atom is 0.274 e. The van der Waals surface area contributed by atoms with Gasteiger partial charge in [-0.25, -0.2) is 0 Å². The number of nitrogens with one attached hydrogen (secondary N) is 1. The van der Waals surface area contributed by atoms with E-state index >= 15 is 0 Å². The molecule has 0 fully saturated rings. The van der Waals surface area contributed by atoms with Crippen LogP contribution in [0.3, 0.4) is 0 Å². The number of non-ortho nitro benzene ring substituents is 1. The number of hydrogen-bond donors (Lipinski definition) is 1. The quantitative estimate of drug-likeness (QED) is 0.624. The van der Waals surface area contributed by atoms with Gasteiger partial charge in [0.15, 0.2) is 0 Å². The van der Waals surface area contributed by atoms with E-state index in [0.717, 1.165) is 18.7 Å². The minimum absolute atomic E-state index is 0.0109.